The summed E-state index contributed by atoms with van der Waals surface area (Å²) in [5.41, 5.74) is 11.6. The predicted molar refractivity (Wildman–Crippen MR) is 253 cm³/mol. The van der Waals surface area contributed by atoms with Crippen molar-refractivity contribution < 1.29 is 4.42 Å². The van der Waals surface area contributed by atoms with Gasteiger partial charge in [0, 0.05) is 38.4 Å². The first-order valence-electron chi connectivity index (χ1n) is 20.7. The highest BCUT2D eigenvalue weighted by Crippen LogP contribution is 2.44. The summed E-state index contributed by atoms with van der Waals surface area (Å²) in [5, 5.41) is 13.0. The average molecular weight is 776 g/mol. The Morgan fingerprint density at radius 2 is 0.902 bits per heavy atom. The molecule has 4 nitrogen and oxygen atoms in total. The molecule has 0 fully saturated rings. The summed E-state index contributed by atoms with van der Waals surface area (Å²) < 4.78 is 6.61. The van der Waals surface area contributed by atoms with Gasteiger partial charge in [0.2, 0.25) is 0 Å². The largest absolute Gasteiger partial charge is 0.454 e. The molecular weight excluding hydrogens is 743 g/mol. The Balaban J connectivity index is 0.945. The number of hydrogen-bond acceptors (Lipinski definition) is 4. The van der Waals surface area contributed by atoms with Crippen LogP contribution in [0.5, 0.6) is 0 Å². The summed E-state index contributed by atoms with van der Waals surface area (Å²) >= 11 is 0. The van der Waals surface area contributed by atoms with Gasteiger partial charge in [0.25, 0.3) is 0 Å². The van der Waals surface area contributed by atoms with E-state index in [1.807, 2.05) is 18.2 Å². The molecule has 0 saturated carbocycles. The van der Waals surface area contributed by atoms with Crippen LogP contribution in [0, 0.1) is 0 Å². The number of benzene rings is 10. The fourth-order valence-electron chi connectivity index (χ4n) is 9.60. The van der Waals surface area contributed by atoms with Gasteiger partial charge in [-0.05, 0) is 78.5 Å². The number of hydrogen-bond donors (Lipinski definition) is 0. The van der Waals surface area contributed by atoms with Crippen molar-refractivity contribution in [3.05, 3.63) is 200 Å². The van der Waals surface area contributed by atoms with E-state index in [0.29, 0.717) is 5.82 Å². The summed E-state index contributed by atoms with van der Waals surface area (Å²) in [6.45, 7) is 0. The molecule has 0 aliphatic heterocycles. The number of pyridine rings is 1. The van der Waals surface area contributed by atoms with Crippen molar-refractivity contribution in [2.24, 2.45) is 0 Å². The van der Waals surface area contributed by atoms with Crippen molar-refractivity contribution in [1.29, 1.82) is 0 Å². The third-order valence-electron chi connectivity index (χ3n) is 12.5. The molecule has 282 valence electrons. The van der Waals surface area contributed by atoms with E-state index >= 15 is 0 Å². The Morgan fingerprint density at radius 3 is 1.69 bits per heavy atom. The van der Waals surface area contributed by atoms with Crippen LogP contribution in [-0.2, 0) is 0 Å². The van der Waals surface area contributed by atoms with Crippen LogP contribution >= 0.6 is 0 Å². The van der Waals surface area contributed by atoms with Crippen LogP contribution in [-0.4, -0.2) is 15.0 Å². The lowest BCUT2D eigenvalue weighted by Gasteiger charge is -2.15. The summed E-state index contributed by atoms with van der Waals surface area (Å²) in [5.74, 6) is 0.709. The van der Waals surface area contributed by atoms with Crippen LogP contribution < -0.4 is 0 Å². The smallest absolute Gasteiger partial charge is 0.162 e. The van der Waals surface area contributed by atoms with Gasteiger partial charge >= 0.3 is 0 Å². The minimum Gasteiger partial charge on any atom is -0.454 e. The van der Waals surface area contributed by atoms with Crippen molar-refractivity contribution in [2.45, 2.75) is 0 Å². The molecule has 0 spiro atoms. The second-order valence-corrected chi connectivity index (χ2v) is 15.9. The lowest BCUT2D eigenvalue weighted by Crippen LogP contribution is -1.97. The van der Waals surface area contributed by atoms with Gasteiger partial charge in [0.15, 0.2) is 11.4 Å². The Hall–Kier alpha value is -8.21. The molecule has 0 aliphatic carbocycles. The Labute approximate surface area is 350 Å². The van der Waals surface area contributed by atoms with E-state index in [2.05, 4.69) is 182 Å². The molecule has 0 unspecified atom stereocenters. The number of nitrogens with zero attached hydrogens (tertiary/aromatic N) is 3. The van der Waals surface area contributed by atoms with Crippen molar-refractivity contribution in [1.82, 2.24) is 15.0 Å². The number of aromatic nitrogens is 3. The van der Waals surface area contributed by atoms with Crippen LogP contribution in [0.2, 0.25) is 0 Å². The van der Waals surface area contributed by atoms with Gasteiger partial charge in [-0.15, -0.1) is 0 Å². The SMILES string of the molecule is c1ccc(-c2cc(-c3ccc(-c4ccc(-c5nc6ccccc6c6c5oc5ccccc56)c5ccccc45)cc3)nc(-c3ccc4ccc5cccc6ccc3c4c56)n2)cc1. The van der Waals surface area contributed by atoms with E-state index in [0.717, 1.165) is 99.5 Å². The first-order valence-corrected chi connectivity index (χ1v) is 20.7. The van der Waals surface area contributed by atoms with E-state index < -0.39 is 0 Å². The second-order valence-electron chi connectivity index (χ2n) is 15.9. The second kappa shape index (κ2) is 13.2. The maximum atomic E-state index is 6.61. The molecule has 61 heavy (non-hydrogen) atoms. The van der Waals surface area contributed by atoms with Crippen LogP contribution in [0.1, 0.15) is 0 Å². The zero-order chi connectivity index (χ0) is 40.0. The lowest BCUT2D eigenvalue weighted by molar-refractivity contribution is 0.669. The fraction of sp³-hybridized carbons (Fsp3) is 0. The van der Waals surface area contributed by atoms with Gasteiger partial charge in [0.05, 0.1) is 16.9 Å². The fourth-order valence-corrected chi connectivity index (χ4v) is 9.60. The summed E-state index contributed by atoms with van der Waals surface area (Å²) in [4.78, 5) is 15.8. The van der Waals surface area contributed by atoms with E-state index in [4.69, 9.17) is 19.4 Å². The average Bonchev–Trinajstić information content (AvgIpc) is 3.73. The van der Waals surface area contributed by atoms with E-state index in [-0.39, 0.29) is 0 Å². The quantitative estimate of drug-likeness (QED) is 0.163. The highest BCUT2D eigenvalue weighted by atomic mass is 16.3. The molecule has 3 aromatic heterocycles. The van der Waals surface area contributed by atoms with Crippen molar-refractivity contribution >= 4 is 75.9 Å². The lowest BCUT2D eigenvalue weighted by atomic mass is 9.91. The molecular formula is C57H33N3O. The van der Waals surface area contributed by atoms with Crippen molar-refractivity contribution in [3.8, 4) is 56.3 Å². The maximum absolute atomic E-state index is 6.61. The standard InChI is InChI=1S/C57H33N3O/c1-2-11-35(12-3-1)49-33-50(60-57(59-49)45-30-28-39-26-25-37-13-10-14-38-27-29-43(45)53(39)52(37)38)36-23-21-34(22-24-36)40-31-32-44(42-16-5-4-15-41(40)42)55-56-54(46-17-6-8-19-48(46)58-55)47-18-7-9-20-51(47)61-56/h1-33H. The van der Waals surface area contributed by atoms with Crippen molar-refractivity contribution in [2.75, 3.05) is 0 Å². The van der Waals surface area contributed by atoms with Gasteiger partial charge in [-0.2, -0.15) is 0 Å². The van der Waals surface area contributed by atoms with Gasteiger partial charge in [-0.3, -0.25) is 0 Å². The topological polar surface area (TPSA) is 51.8 Å². The van der Waals surface area contributed by atoms with E-state index in [9.17, 15) is 0 Å². The molecule has 0 bridgehead atoms. The summed E-state index contributed by atoms with van der Waals surface area (Å²) in [6, 6.07) is 70.8. The summed E-state index contributed by atoms with van der Waals surface area (Å²) in [7, 11) is 0. The highest BCUT2D eigenvalue weighted by Gasteiger charge is 2.21. The number of rotatable bonds is 5. The maximum Gasteiger partial charge on any atom is 0.162 e. The Kier molecular flexibility index (Phi) is 7.27. The molecule has 0 amide bonds. The zero-order valence-electron chi connectivity index (χ0n) is 32.8. The van der Waals surface area contributed by atoms with Crippen LogP contribution in [0.25, 0.3) is 132 Å². The number of furan rings is 1. The van der Waals surface area contributed by atoms with Gasteiger partial charge in [-0.25, -0.2) is 15.0 Å². The molecule has 4 heteroatoms. The Bertz CT molecular complexity index is 3850. The molecule has 0 radical (unpaired) electrons. The first kappa shape index (κ1) is 33.7. The van der Waals surface area contributed by atoms with Gasteiger partial charge in [0.1, 0.15) is 11.3 Å². The number of fused-ring (bicyclic) bond motifs is 6. The molecule has 13 rings (SSSR count). The molecule has 0 atom stereocenters. The molecule has 0 N–H and O–H groups in total. The van der Waals surface area contributed by atoms with Gasteiger partial charge in [-0.1, -0.05) is 176 Å². The minimum atomic E-state index is 0.709. The van der Waals surface area contributed by atoms with Crippen LogP contribution in [0.4, 0.5) is 0 Å². The summed E-state index contributed by atoms with van der Waals surface area (Å²) in [6.07, 6.45) is 0. The van der Waals surface area contributed by atoms with Gasteiger partial charge < -0.3 is 4.42 Å². The highest BCUT2D eigenvalue weighted by molar-refractivity contribution is 6.25. The van der Waals surface area contributed by atoms with E-state index in [1.54, 1.807) is 0 Å². The monoisotopic (exact) mass is 775 g/mol. The first-order chi connectivity index (χ1) is 30.2. The minimum absolute atomic E-state index is 0.709. The van der Waals surface area contributed by atoms with Crippen LogP contribution in [0.3, 0.4) is 0 Å². The van der Waals surface area contributed by atoms with Crippen molar-refractivity contribution in [3.63, 3.8) is 0 Å². The molecule has 0 aliphatic rings. The van der Waals surface area contributed by atoms with E-state index in [1.165, 1.54) is 26.9 Å². The predicted octanol–water partition coefficient (Wildman–Crippen LogP) is 15.3. The Morgan fingerprint density at radius 1 is 0.328 bits per heavy atom. The van der Waals surface area contributed by atoms with Crippen LogP contribution in [0.15, 0.2) is 205 Å². The number of para-hydroxylation sites is 2. The molecule has 10 aromatic carbocycles. The zero-order valence-corrected chi connectivity index (χ0v) is 32.8. The molecule has 3 heterocycles. The third-order valence-corrected chi connectivity index (χ3v) is 12.5. The molecule has 13 aromatic rings. The molecule has 0 saturated heterocycles. The third kappa shape index (κ3) is 5.22. The normalized spacial score (nSPS) is 11.9.